The summed E-state index contributed by atoms with van der Waals surface area (Å²) in [7, 11) is 0. The Morgan fingerprint density at radius 3 is 2.83 bits per heavy atom. The van der Waals surface area contributed by atoms with Gasteiger partial charge in [-0.1, -0.05) is 31.1 Å². The number of hydrogen-bond acceptors (Lipinski definition) is 3. The topological polar surface area (TPSA) is 58.4 Å². The van der Waals surface area contributed by atoms with Crippen LogP contribution in [0.5, 0.6) is 0 Å². The Hall–Kier alpha value is -2.37. The lowest BCUT2D eigenvalue weighted by Gasteiger charge is -2.23. The molecule has 2 heterocycles. The van der Waals surface area contributed by atoms with Gasteiger partial charge < -0.3 is 14.7 Å². The molecule has 1 aromatic carbocycles. The van der Waals surface area contributed by atoms with Crippen molar-refractivity contribution >= 4 is 6.03 Å². The summed E-state index contributed by atoms with van der Waals surface area (Å²) in [4.78, 5) is 14.3. The molecule has 24 heavy (non-hydrogen) atoms. The Kier molecular flexibility index (Phi) is 4.83. The highest BCUT2D eigenvalue weighted by Crippen LogP contribution is 2.33. The second kappa shape index (κ2) is 7.03. The zero-order valence-electron chi connectivity index (χ0n) is 14.0. The molecular formula is C18H22FN3O2. The lowest BCUT2D eigenvalue weighted by molar-refractivity contribution is 0.182. The standard InChI is InChI=1S/C18H22FN3O2/c1-12(2)15-10-17(24-21-15)16-4-3-9-22(16)18(23)20-11-13-5-7-14(19)8-6-13/h5-8,10,12,16H,3-4,9,11H2,1-2H3,(H,20,23)/t16-/m0/s1. The van der Waals surface area contributed by atoms with E-state index in [0.29, 0.717) is 19.0 Å². The lowest BCUT2D eigenvalue weighted by Crippen LogP contribution is -2.39. The third kappa shape index (κ3) is 3.58. The van der Waals surface area contributed by atoms with Gasteiger partial charge in [-0.05, 0) is 36.5 Å². The molecule has 0 radical (unpaired) electrons. The molecule has 1 aliphatic rings. The van der Waals surface area contributed by atoms with Crippen LogP contribution in [0.15, 0.2) is 34.9 Å². The number of urea groups is 1. The van der Waals surface area contributed by atoms with Crippen molar-refractivity contribution in [3.05, 3.63) is 53.2 Å². The van der Waals surface area contributed by atoms with E-state index in [1.54, 1.807) is 17.0 Å². The largest absolute Gasteiger partial charge is 0.359 e. The number of carbonyl (C=O) groups excluding carboxylic acids is 1. The number of hydrogen-bond donors (Lipinski definition) is 1. The first-order valence-corrected chi connectivity index (χ1v) is 8.30. The van der Waals surface area contributed by atoms with E-state index < -0.39 is 0 Å². The predicted octanol–water partition coefficient (Wildman–Crippen LogP) is 3.98. The van der Waals surface area contributed by atoms with Gasteiger partial charge in [0.2, 0.25) is 0 Å². The number of rotatable bonds is 4. The molecule has 0 bridgehead atoms. The summed E-state index contributed by atoms with van der Waals surface area (Å²) in [5, 5.41) is 6.98. The van der Waals surface area contributed by atoms with Crippen LogP contribution in [-0.2, 0) is 6.54 Å². The van der Waals surface area contributed by atoms with E-state index in [4.69, 9.17) is 4.52 Å². The van der Waals surface area contributed by atoms with Gasteiger partial charge in [0.15, 0.2) is 5.76 Å². The number of halogens is 1. The summed E-state index contributed by atoms with van der Waals surface area (Å²) in [6.07, 6.45) is 1.81. The number of benzene rings is 1. The van der Waals surface area contributed by atoms with Crippen LogP contribution in [0, 0.1) is 5.82 Å². The minimum Gasteiger partial charge on any atom is -0.359 e. The molecule has 0 unspecified atom stereocenters. The molecule has 128 valence electrons. The summed E-state index contributed by atoms with van der Waals surface area (Å²) < 4.78 is 18.4. The molecule has 1 aromatic heterocycles. The fourth-order valence-corrected chi connectivity index (χ4v) is 2.92. The summed E-state index contributed by atoms with van der Waals surface area (Å²) >= 11 is 0. The van der Waals surface area contributed by atoms with Crippen LogP contribution in [-0.4, -0.2) is 22.6 Å². The van der Waals surface area contributed by atoms with Crippen LogP contribution in [0.25, 0.3) is 0 Å². The SMILES string of the molecule is CC(C)c1cc([C@@H]2CCCN2C(=O)NCc2ccc(F)cc2)on1. The zero-order valence-corrected chi connectivity index (χ0v) is 14.0. The van der Waals surface area contributed by atoms with E-state index in [1.807, 2.05) is 6.07 Å². The minimum atomic E-state index is -0.282. The zero-order chi connectivity index (χ0) is 17.1. The smallest absolute Gasteiger partial charge is 0.318 e. The van der Waals surface area contributed by atoms with Crippen LogP contribution < -0.4 is 5.32 Å². The van der Waals surface area contributed by atoms with Crippen molar-refractivity contribution in [3.63, 3.8) is 0 Å². The first-order valence-electron chi connectivity index (χ1n) is 8.30. The molecular weight excluding hydrogens is 309 g/mol. The molecule has 2 aromatic rings. The summed E-state index contributed by atoms with van der Waals surface area (Å²) in [5.74, 6) is 0.758. The van der Waals surface area contributed by atoms with Crippen LogP contribution in [0.3, 0.4) is 0 Å². The maximum Gasteiger partial charge on any atom is 0.318 e. The molecule has 0 saturated carbocycles. The third-order valence-electron chi connectivity index (χ3n) is 4.34. The number of aromatic nitrogens is 1. The van der Waals surface area contributed by atoms with E-state index in [0.717, 1.165) is 29.9 Å². The predicted molar refractivity (Wildman–Crippen MR) is 87.9 cm³/mol. The molecule has 2 amide bonds. The number of carbonyl (C=O) groups is 1. The third-order valence-corrected chi connectivity index (χ3v) is 4.34. The Morgan fingerprint density at radius 1 is 1.42 bits per heavy atom. The maximum absolute atomic E-state index is 12.9. The van der Waals surface area contributed by atoms with Gasteiger partial charge in [-0.2, -0.15) is 0 Å². The Balaban J connectivity index is 1.63. The highest BCUT2D eigenvalue weighted by Gasteiger charge is 2.32. The van der Waals surface area contributed by atoms with Crippen LogP contribution in [0.2, 0.25) is 0 Å². The van der Waals surface area contributed by atoms with Crippen LogP contribution in [0.4, 0.5) is 9.18 Å². The maximum atomic E-state index is 12.9. The average molecular weight is 331 g/mol. The minimum absolute atomic E-state index is 0.0711. The monoisotopic (exact) mass is 331 g/mol. The normalized spacial score (nSPS) is 17.5. The summed E-state index contributed by atoms with van der Waals surface area (Å²) in [5.41, 5.74) is 1.77. The second-order valence-electron chi connectivity index (χ2n) is 6.45. The van der Waals surface area contributed by atoms with Gasteiger partial charge in [0.25, 0.3) is 0 Å². The second-order valence-corrected chi connectivity index (χ2v) is 6.45. The molecule has 3 rings (SSSR count). The van der Waals surface area contributed by atoms with Crippen molar-refractivity contribution in [2.45, 2.75) is 45.2 Å². The molecule has 1 fully saturated rings. The average Bonchev–Trinajstić information content (AvgIpc) is 3.22. The Morgan fingerprint density at radius 2 is 2.17 bits per heavy atom. The van der Waals surface area contributed by atoms with Crippen molar-refractivity contribution in [1.29, 1.82) is 0 Å². The fraction of sp³-hybridized carbons (Fsp3) is 0.444. The fourth-order valence-electron chi connectivity index (χ4n) is 2.92. The first-order chi connectivity index (χ1) is 11.5. The number of likely N-dealkylation sites (tertiary alicyclic amines) is 1. The quantitative estimate of drug-likeness (QED) is 0.922. The lowest BCUT2D eigenvalue weighted by atomic mass is 10.1. The number of nitrogens with one attached hydrogen (secondary N) is 1. The van der Waals surface area contributed by atoms with Gasteiger partial charge in [-0.25, -0.2) is 9.18 Å². The van der Waals surface area contributed by atoms with Crippen LogP contribution >= 0.6 is 0 Å². The van der Waals surface area contributed by atoms with Gasteiger partial charge in [0, 0.05) is 19.2 Å². The molecule has 6 heteroatoms. The molecule has 1 atom stereocenters. The van der Waals surface area contributed by atoms with Crippen molar-refractivity contribution in [3.8, 4) is 0 Å². The molecule has 5 nitrogen and oxygen atoms in total. The molecule has 1 N–H and O–H groups in total. The Bertz CT molecular complexity index is 697. The molecule has 0 spiro atoms. The van der Waals surface area contributed by atoms with Crippen molar-refractivity contribution in [2.75, 3.05) is 6.54 Å². The molecule has 1 saturated heterocycles. The summed E-state index contributed by atoms with van der Waals surface area (Å²) in [6.45, 7) is 5.18. The number of nitrogens with zero attached hydrogens (tertiary/aromatic N) is 2. The highest BCUT2D eigenvalue weighted by atomic mass is 19.1. The number of amides is 2. The van der Waals surface area contributed by atoms with Gasteiger partial charge in [0.1, 0.15) is 5.82 Å². The van der Waals surface area contributed by atoms with E-state index in [2.05, 4.69) is 24.3 Å². The van der Waals surface area contributed by atoms with Gasteiger partial charge >= 0.3 is 6.03 Å². The highest BCUT2D eigenvalue weighted by molar-refractivity contribution is 5.75. The van der Waals surface area contributed by atoms with E-state index >= 15 is 0 Å². The van der Waals surface area contributed by atoms with Gasteiger partial charge in [-0.15, -0.1) is 0 Å². The van der Waals surface area contributed by atoms with Crippen molar-refractivity contribution < 1.29 is 13.7 Å². The van der Waals surface area contributed by atoms with Crippen LogP contribution in [0.1, 0.15) is 55.7 Å². The van der Waals surface area contributed by atoms with Crippen molar-refractivity contribution in [1.82, 2.24) is 15.4 Å². The van der Waals surface area contributed by atoms with E-state index in [-0.39, 0.29) is 17.9 Å². The van der Waals surface area contributed by atoms with Gasteiger partial charge in [-0.3, -0.25) is 0 Å². The van der Waals surface area contributed by atoms with Gasteiger partial charge in [0.05, 0.1) is 11.7 Å². The van der Waals surface area contributed by atoms with E-state index in [1.165, 1.54) is 12.1 Å². The molecule has 1 aliphatic heterocycles. The van der Waals surface area contributed by atoms with Crippen molar-refractivity contribution in [2.24, 2.45) is 0 Å². The van der Waals surface area contributed by atoms with E-state index in [9.17, 15) is 9.18 Å². The first kappa shape index (κ1) is 16.5. The summed E-state index contributed by atoms with van der Waals surface area (Å²) in [6, 6.07) is 7.86. The molecule has 0 aliphatic carbocycles. The Labute approximate surface area is 140 Å².